The molecule has 1 amide bonds. The first-order valence-electron chi connectivity index (χ1n) is 8.65. The van der Waals surface area contributed by atoms with Crippen LogP contribution in [0.1, 0.15) is 17.3 Å². The third-order valence-corrected chi connectivity index (χ3v) is 4.09. The number of methoxy groups -OCH3 is 2. The number of esters is 1. The lowest BCUT2D eigenvalue weighted by Gasteiger charge is -2.19. The number of amides is 1. The van der Waals surface area contributed by atoms with Crippen molar-refractivity contribution in [1.29, 1.82) is 0 Å². The van der Waals surface area contributed by atoms with Crippen LogP contribution in [-0.4, -0.2) is 45.4 Å². The molecular formula is C20H21NO7. The molecule has 148 valence electrons. The molecule has 8 heteroatoms. The highest BCUT2D eigenvalue weighted by molar-refractivity contribution is 5.98. The molecule has 2 aromatic carbocycles. The van der Waals surface area contributed by atoms with Crippen molar-refractivity contribution >= 4 is 17.6 Å². The highest BCUT2D eigenvalue weighted by Gasteiger charge is 2.23. The van der Waals surface area contributed by atoms with E-state index < -0.39 is 18.0 Å². The summed E-state index contributed by atoms with van der Waals surface area (Å²) in [5.74, 6) is 0.794. The van der Waals surface area contributed by atoms with E-state index in [0.717, 1.165) is 0 Å². The number of rotatable bonds is 6. The van der Waals surface area contributed by atoms with E-state index in [4.69, 9.17) is 23.7 Å². The molecule has 1 atom stereocenters. The van der Waals surface area contributed by atoms with Crippen LogP contribution in [0, 0.1) is 0 Å². The molecule has 1 aliphatic rings. The summed E-state index contributed by atoms with van der Waals surface area (Å²) in [5, 5.41) is 2.69. The third-order valence-electron chi connectivity index (χ3n) is 4.09. The lowest BCUT2D eigenvalue weighted by Crippen LogP contribution is -2.30. The van der Waals surface area contributed by atoms with Crippen LogP contribution in [0.4, 0.5) is 5.69 Å². The second-order valence-electron chi connectivity index (χ2n) is 5.96. The lowest BCUT2D eigenvalue weighted by molar-refractivity contribution is -0.123. The summed E-state index contributed by atoms with van der Waals surface area (Å²) in [6.07, 6.45) is -1.03. The molecule has 3 rings (SSSR count). The van der Waals surface area contributed by atoms with Gasteiger partial charge in [-0.15, -0.1) is 0 Å². The summed E-state index contributed by atoms with van der Waals surface area (Å²) in [6.45, 7) is 2.41. The maximum absolute atomic E-state index is 12.5. The van der Waals surface area contributed by atoms with Gasteiger partial charge in [0.05, 0.1) is 14.2 Å². The van der Waals surface area contributed by atoms with E-state index in [1.807, 2.05) is 0 Å². The molecule has 0 bridgehead atoms. The summed E-state index contributed by atoms with van der Waals surface area (Å²) >= 11 is 0. The molecular weight excluding hydrogens is 366 g/mol. The summed E-state index contributed by atoms with van der Waals surface area (Å²) in [6, 6.07) is 9.80. The molecule has 0 unspecified atom stereocenters. The number of anilines is 1. The second-order valence-corrected chi connectivity index (χ2v) is 5.96. The fourth-order valence-corrected chi connectivity index (χ4v) is 2.62. The SMILES string of the molecule is COc1ccc(OC)c(C(=O)O[C@H](C)C(=O)Nc2ccc3c(c2)OCCO3)c1. The Bertz CT molecular complexity index is 881. The van der Waals surface area contributed by atoms with Crippen molar-refractivity contribution in [3.63, 3.8) is 0 Å². The zero-order chi connectivity index (χ0) is 20.1. The topological polar surface area (TPSA) is 92.3 Å². The van der Waals surface area contributed by atoms with Gasteiger partial charge in [-0.05, 0) is 37.3 Å². The maximum atomic E-state index is 12.5. The maximum Gasteiger partial charge on any atom is 0.342 e. The summed E-state index contributed by atoms with van der Waals surface area (Å²) in [5.41, 5.74) is 0.678. The predicted octanol–water partition coefficient (Wildman–Crippen LogP) is 2.66. The average Bonchev–Trinajstić information content (AvgIpc) is 2.72. The van der Waals surface area contributed by atoms with Crippen LogP contribution in [0.15, 0.2) is 36.4 Å². The van der Waals surface area contributed by atoms with Crippen LogP contribution in [-0.2, 0) is 9.53 Å². The number of hydrogen-bond donors (Lipinski definition) is 1. The number of nitrogens with one attached hydrogen (secondary N) is 1. The summed E-state index contributed by atoms with van der Waals surface area (Å²) in [4.78, 5) is 24.9. The minimum atomic E-state index is -1.03. The van der Waals surface area contributed by atoms with Gasteiger partial charge < -0.3 is 29.0 Å². The Hall–Kier alpha value is -3.42. The number of fused-ring (bicyclic) bond motifs is 1. The molecule has 0 spiro atoms. The zero-order valence-electron chi connectivity index (χ0n) is 15.8. The number of carbonyl (C=O) groups excluding carboxylic acids is 2. The van der Waals surface area contributed by atoms with E-state index in [1.165, 1.54) is 27.2 Å². The summed E-state index contributed by atoms with van der Waals surface area (Å²) < 4.78 is 26.5. The fraction of sp³-hybridized carbons (Fsp3) is 0.300. The fourth-order valence-electron chi connectivity index (χ4n) is 2.62. The normalized spacial score (nSPS) is 13.2. The van der Waals surface area contributed by atoms with E-state index in [9.17, 15) is 9.59 Å². The molecule has 0 radical (unpaired) electrons. The largest absolute Gasteiger partial charge is 0.497 e. The Morgan fingerprint density at radius 2 is 1.75 bits per heavy atom. The molecule has 0 aliphatic carbocycles. The Morgan fingerprint density at radius 3 is 2.46 bits per heavy atom. The van der Waals surface area contributed by atoms with Gasteiger partial charge in [-0.1, -0.05) is 0 Å². The van der Waals surface area contributed by atoms with Crippen LogP contribution >= 0.6 is 0 Å². The molecule has 0 aromatic heterocycles. The molecule has 0 saturated carbocycles. The number of ether oxygens (including phenoxy) is 5. The van der Waals surface area contributed by atoms with E-state index in [2.05, 4.69) is 5.32 Å². The van der Waals surface area contributed by atoms with Gasteiger partial charge in [0.15, 0.2) is 17.6 Å². The monoisotopic (exact) mass is 387 g/mol. The first-order chi connectivity index (χ1) is 13.5. The Balaban J connectivity index is 1.66. The Morgan fingerprint density at radius 1 is 1.00 bits per heavy atom. The summed E-state index contributed by atoms with van der Waals surface area (Å²) in [7, 11) is 2.93. The smallest absolute Gasteiger partial charge is 0.342 e. The van der Waals surface area contributed by atoms with Crippen LogP contribution in [0.25, 0.3) is 0 Å². The van der Waals surface area contributed by atoms with Crippen molar-refractivity contribution in [2.45, 2.75) is 13.0 Å². The lowest BCUT2D eigenvalue weighted by atomic mass is 10.2. The average molecular weight is 387 g/mol. The Kier molecular flexibility index (Phi) is 5.88. The van der Waals surface area contributed by atoms with Gasteiger partial charge in [0.2, 0.25) is 0 Å². The van der Waals surface area contributed by atoms with Gasteiger partial charge in [0, 0.05) is 11.8 Å². The third kappa shape index (κ3) is 4.28. The molecule has 1 heterocycles. The van der Waals surface area contributed by atoms with Gasteiger partial charge in [0.1, 0.15) is 30.3 Å². The molecule has 28 heavy (non-hydrogen) atoms. The van der Waals surface area contributed by atoms with Gasteiger partial charge >= 0.3 is 5.97 Å². The van der Waals surface area contributed by atoms with Crippen LogP contribution in [0.2, 0.25) is 0 Å². The van der Waals surface area contributed by atoms with Crippen molar-refractivity contribution < 1.29 is 33.3 Å². The first kappa shape index (κ1) is 19.3. The van der Waals surface area contributed by atoms with Gasteiger partial charge in [-0.3, -0.25) is 4.79 Å². The first-order valence-corrected chi connectivity index (χ1v) is 8.65. The predicted molar refractivity (Wildman–Crippen MR) is 100 cm³/mol. The van der Waals surface area contributed by atoms with Crippen LogP contribution in [0.3, 0.4) is 0 Å². The zero-order valence-corrected chi connectivity index (χ0v) is 15.8. The molecule has 0 fully saturated rings. The molecule has 2 aromatic rings. The molecule has 1 N–H and O–H groups in total. The van der Waals surface area contributed by atoms with Crippen molar-refractivity contribution in [2.24, 2.45) is 0 Å². The van der Waals surface area contributed by atoms with Crippen LogP contribution in [0.5, 0.6) is 23.0 Å². The molecule has 1 aliphatic heterocycles. The van der Waals surface area contributed by atoms with Gasteiger partial charge in [-0.25, -0.2) is 4.79 Å². The number of hydrogen-bond acceptors (Lipinski definition) is 7. The minimum Gasteiger partial charge on any atom is -0.497 e. The highest BCUT2D eigenvalue weighted by atomic mass is 16.6. The second kappa shape index (κ2) is 8.51. The van der Waals surface area contributed by atoms with Gasteiger partial charge in [0.25, 0.3) is 5.91 Å². The minimum absolute atomic E-state index is 0.167. The molecule has 8 nitrogen and oxygen atoms in total. The van der Waals surface area contributed by atoms with E-state index in [1.54, 1.807) is 30.3 Å². The van der Waals surface area contributed by atoms with Gasteiger partial charge in [-0.2, -0.15) is 0 Å². The van der Waals surface area contributed by atoms with Crippen molar-refractivity contribution in [3.8, 4) is 23.0 Å². The van der Waals surface area contributed by atoms with E-state index >= 15 is 0 Å². The van der Waals surface area contributed by atoms with E-state index in [0.29, 0.717) is 41.9 Å². The Labute approximate surface area is 162 Å². The van der Waals surface area contributed by atoms with Crippen LogP contribution < -0.4 is 24.3 Å². The number of carbonyl (C=O) groups is 2. The van der Waals surface area contributed by atoms with Crippen molar-refractivity contribution in [1.82, 2.24) is 0 Å². The number of benzene rings is 2. The van der Waals surface area contributed by atoms with E-state index in [-0.39, 0.29) is 5.56 Å². The quantitative estimate of drug-likeness (QED) is 0.762. The standard InChI is InChI=1S/C20H21NO7/c1-12(28-20(23)15-11-14(24-2)5-7-16(15)25-3)19(22)21-13-4-6-17-18(10-13)27-9-8-26-17/h4-7,10-12H,8-9H2,1-3H3,(H,21,22)/t12-/m1/s1. The molecule has 0 saturated heterocycles. The van der Waals surface area contributed by atoms with Crippen molar-refractivity contribution in [2.75, 3.05) is 32.8 Å². The highest BCUT2D eigenvalue weighted by Crippen LogP contribution is 2.32. The van der Waals surface area contributed by atoms with Crippen molar-refractivity contribution in [3.05, 3.63) is 42.0 Å².